The molecule has 1 atom stereocenters. The normalized spacial score (nSPS) is 18.1. The third-order valence-electron chi connectivity index (χ3n) is 4.32. The maximum atomic E-state index is 11.8. The zero-order chi connectivity index (χ0) is 19.3. The Labute approximate surface area is 157 Å². The van der Waals surface area contributed by atoms with E-state index in [9.17, 15) is 18.0 Å². The second-order valence-electron chi connectivity index (χ2n) is 6.55. The number of sulfone groups is 1. The molecule has 9 heteroatoms. The maximum Gasteiger partial charge on any atom is 0.238 e. The van der Waals surface area contributed by atoms with Crippen LogP contribution in [0.25, 0.3) is 11.3 Å². The molecule has 1 aromatic carbocycles. The fourth-order valence-corrected chi connectivity index (χ4v) is 4.79. The van der Waals surface area contributed by atoms with E-state index in [1.54, 1.807) is 6.20 Å². The standard InChI is InChI=1S/C18H21N3O5S/c22-16(20-21-17(23)10-13-8-9-27(24,25)12-13)6-7-18-19-11-15(26-18)14-4-2-1-3-5-14/h1-5,11,13H,6-10,12H2,(H,20,22)(H,21,23). The third-order valence-corrected chi connectivity index (χ3v) is 6.16. The SMILES string of the molecule is O=C(CCc1ncc(-c2ccccc2)o1)NNC(=O)CC1CCS(=O)(=O)C1. The quantitative estimate of drug-likeness (QED) is 0.716. The van der Waals surface area contributed by atoms with Crippen molar-refractivity contribution in [3.05, 3.63) is 42.4 Å². The summed E-state index contributed by atoms with van der Waals surface area (Å²) in [6, 6.07) is 9.51. The largest absolute Gasteiger partial charge is 0.441 e. The zero-order valence-electron chi connectivity index (χ0n) is 14.7. The summed E-state index contributed by atoms with van der Waals surface area (Å²) in [7, 11) is -3.01. The summed E-state index contributed by atoms with van der Waals surface area (Å²) in [6.07, 6.45) is 2.58. The first kappa shape index (κ1) is 19.1. The third kappa shape index (κ3) is 5.65. The topological polar surface area (TPSA) is 118 Å². The Bertz CT molecular complexity index is 908. The fraction of sp³-hybridized carbons (Fsp3) is 0.389. The van der Waals surface area contributed by atoms with Gasteiger partial charge in [0.05, 0.1) is 17.7 Å². The van der Waals surface area contributed by atoms with Crippen LogP contribution in [0.1, 0.15) is 25.2 Å². The van der Waals surface area contributed by atoms with E-state index in [1.807, 2.05) is 30.3 Å². The number of hydrogen-bond donors (Lipinski definition) is 2. The Morgan fingerprint density at radius 3 is 2.59 bits per heavy atom. The van der Waals surface area contributed by atoms with E-state index in [0.29, 0.717) is 24.5 Å². The van der Waals surface area contributed by atoms with Crippen molar-refractivity contribution in [3.8, 4) is 11.3 Å². The van der Waals surface area contributed by atoms with Crippen LogP contribution in [-0.4, -0.2) is 36.7 Å². The average Bonchev–Trinajstić information content (AvgIpc) is 3.25. The van der Waals surface area contributed by atoms with Gasteiger partial charge in [-0.05, 0) is 12.3 Å². The van der Waals surface area contributed by atoms with Crippen LogP contribution in [0.5, 0.6) is 0 Å². The fourth-order valence-electron chi connectivity index (χ4n) is 2.93. The number of nitrogens with zero attached hydrogens (tertiary/aromatic N) is 1. The lowest BCUT2D eigenvalue weighted by atomic mass is 10.1. The number of carbonyl (C=O) groups excluding carboxylic acids is 2. The molecule has 0 saturated carbocycles. The van der Waals surface area contributed by atoms with E-state index in [1.165, 1.54) is 0 Å². The van der Waals surface area contributed by atoms with E-state index in [-0.39, 0.29) is 36.2 Å². The Balaban J connectivity index is 1.39. The lowest BCUT2D eigenvalue weighted by Crippen LogP contribution is -2.42. The van der Waals surface area contributed by atoms with Gasteiger partial charge in [-0.25, -0.2) is 13.4 Å². The highest BCUT2D eigenvalue weighted by Gasteiger charge is 2.29. The smallest absolute Gasteiger partial charge is 0.238 e. The lowest BCUT2D eigenvalue weighted by Gasteiger charge is -2.09. The van der Waals surface area contributed by atoms with Gasteiger partial charge in [0.1, 0.15) is 0 Å². The molecule has 2 amide bonds. The van der Waals surface area contributed by atoms with Crippen LogP contribution >= 0.6 is 0 Å². The van der Waals surface area contributed by atoms with Crippen molar-refractivity contribution in [3.63, 3.8) is 0 Å². The number of rotatable bonds is 6. The molecule has 0 radical (unpaired) electrons. The molecule has 2 heterocycles. The van der Waals surface area contributed by atoms with Crippen molar-refractivity contribution in [2.24, 2.45) is 5.92 Å². The van der Waals surface area contributed by atoms with E-state index in [2.05, 4.69) is 15.8 Å². The molecule has 0 spiro atoms. The van der Waals surface area contributed by atoms with Crippen molar-refractivity contribution >= 4 is 21.7 Å². The van der Waals surface area contributed by atoms with Crippen molar-refractivity contribution in [2.45, 2.75) is 25.7 Å². The molecule has 1 aliphatic heterocycles. The van der Waals surface area contributed by atoms with Gasteiger partial charge in [-0.3, -0.25) is 20.4 Å². The first-order valence-corrected chi connectivity index (χ1v) is 10.5. The molecular formula is C18H21N3O5S. The Morgan fingerprint density at radius 1 is 1.15 bits per heavy atom. The second-order valence-corrected chi connectivity index (χ2v) is 8.78. The number of nitrogens with one attached hydrogen (secondary N) is 2. The number of aromatic nitrogens is 1. The molecule has 0 bridgehead atoms. The van der Waals surface area contributed by atoms with Crippen molar-refractivity contribution < 1.29 is 22.4 Å². The first-order chi connectivity index (χ1) is 12.9. The molecule has 3 rings (SSSR count). The second kappa shape index (κ2) is 8.34. The highest BCUT2D eigenvalue weighted by Crippen LogP contribution is 2.21. The minimum absolute atomic E-state index is 0.0300. The van der Waals surface area contributed by atoms with Gasteiger partial charge in [0, 0.05) is 24.8 Å². The highest BCUT2D eigenvalue weighted by molar-refractivity contribution is 7.91. The molecule has 2 N–H and O–H groups in total. The molecule has 0 aliphatic carbocycles. The van der Waals surface area contributed by atoms with Gasteiger partial charge in [-0.1, -0.05) is 30.3 Å². The number of hydrazine groups is 1. The van der Waals surface area contributed by atoms with Crippen LogP contribution in [0.3, 0.4) is 0 Å². The molecule has 1 aromatic heterocycles. The molecule has 1 aliphatic rings. The summed E-state index contributed by atoms with van der Waals surface area (Å²) in [5.74, 6) is 0.267. The average molecular weight is 391 g/mol. The predicted molar refractivity (Wildman–Crippen MR) is 97.9 cm³/mol. The van der Waals surface area contributed by atoms with Crippen LogP contribution in [0.15, 0.2) is 40.9 Å². The van der Waals surface area contributed by atoms with Gasteiger partial charge in [0.25, 0.3) is 0 Å². The monoisotopic (exact) mass is 391 g/mol. The maximum absolute atomic E-state index is 11.8. The van der Waals surface area contributed by atoms with Crippen molar-refractivity contribution in [1.82, 2.24) is 15.8 Å². The van der Waals surface area contributed by atoms with Gasteiger partial charge in [0.15, 0.2) is 21.5 Å². The predicted octanol–water partition coefficient (Wildman–Crippen LogP) is 1.25. The molecule has 1 fully saturated rings. The molecule has 1 saturated heterocycles. The van der Waals surface area contributed by atoms with Crippen LogP contribution in [-0.2, 0) is 25.8 Å². The van der Waals surface area contributed by atoms with Gasteiger partial charge in [-0.2, -0.15) is 0 Å². The van der Waals surface area contributed by atoms with E-state index >= 15 is 0 Å². The Hall–Kier alpha value is -2.68. The molecule has 2 aromatic rings. The number of aryl methyl sites for hydroxylation is 1. The van der Waals surface area contributed by atoms with E-state index in [0.717, 1.165) is 5.56 Å². The van der Waals surface area contributed by atoms with Gasteiger partial charge in [-0.15, -0.1) is 0 Å². The first-order valence-electron chi connectivity index (χ1n) is 8.69. The minimum atomic E-state index is -3.01. The Morgan fingerprint density at radius 2 is 1.89 bits per heavy atom. The zero-order valence-corrected chi connectivity index (χ0v) is 15.5. The van der Waals surface area contributed by atoms with Crippen LogP contribution in [0.2, 0.25) is 0 Å². The van der Waals surface area contributed by atoms with Crippen LogP contribution < -0.4 is 10.9 Å². The number of amides is 2. The van der Waals surface area contributed by atoms with Crippen molar-refractivity contribution in [2.75, 3.05) is 11.5 Å². The summed E-state index contributed by atoms with van der Waals surface area (Å²) >= 11 is 0. The molecular weight excluding hydrogens is 370 g/mol. The van der Waals surface area contributed by atoms with Crippen LogP contribution in [0, 0.1) is 5.92 Å². The highest BCUT2D eigenvalue weighted by atomic mass is 32.2. The van der Waals surface area contributed by atoms with Gasteiger partial charge >= 0.3 is 0 Å². The Kier molecular flexibility index (Phi) is 5.90. The van der Waals surface area contributed by atoms with Gasteiger partial charge < -0.3 is 4.42 Å². The summed E-state index contributed by atoms with van der Waals surface area (Å²) in [5, 5.41) is 0. The van der Waals surface area contributed by atoms with E-state index < -0.39 is 15.7 Å². The summed E-state index contributed by atoms with van der Waals surface area (Å²) in [6.45, 7) is 0. The minimum Gasteiger partial charge on any atom is -0.441 e. The number of carbonyl (C=O) groups is 2. The van der Waals surface area contributed by atoms with Crippen molar-refractivity contribution in [1.29, 1.82) is 0 Å². The summed E-state index contributed by atoms with van der Waals surface area (Å²) in [4.78, 5) is 27.8. The number of benzene rings is 1. The van der Waals surface area contributed by atoms with Gasteiger partial charge in [0.2, 0.25) is 11.8 Å². The lowest BCUT2D eigenvalue weighted by molar-refractivity contribution is -0.129. The van der Waals surface area contributed by atoms with E-state index in [4.69, 9.17) is 4.42 Å². The molecule has 1 unspecified atom stereocenters. The number of oxazole rings is 1. The summed E-state index contributed by atoms with van der Waals surface area (Å²) in [5.41, 5.74) is 5.55. The molecule has 27 heavy (non-hydrogen) atoms. The number of hydrogen-bond acceptors (Lipinski definition) is 6. The molecule has 144 valence electrons. The summed E-state index contributed by atoms with van der Waals surface area (Å²) < 4.78 is 28.4. The van der Waals surface area contributed by atoms with Crippen LogP contribution in [0.4, 0.5) is 0 Å². The molecule has 8 nitrogen and oxygen atoms in total.